The highest BCUT2D eigenvalue weighted by Gasteiger charge is 2.44. The summed E-state index contributed by atoms with van der Waals surface area (Å²) in [7, 11) is 0. The van der Waals surface area contributed by atoms with Crippen molar-refractivity contribution >= 4 is 5.91 Å². The first-order chi connectivity index (χ1) is 13.5. The minimum atomic E-state index is -1.19. The molecule has 0 spiro atoms. The Morgan fingerprint density at radius 3 is 2.75 bits per heavy atom. The van der Waals surface area contributed by atoms with Crippen LogP contribution in [0, 0.1) is 5.92 Å². The second-order valence-electron chi connectivity index (χ2n) is 8.63. The fourth-order valence-corrected chi connectivity index (χ4v) is 5.35. The molecule has 0 aromatic carbocycles. The van der Waals surface area contributed by atoms with E-state index in [-0.39, 0.29) is 23.3 Å². The molecule has 1 saturated carbocycles. The molecule has 2 atom stereocenters. The first kappa shape index (κ1) is 17.7. The van der Waals surface area contributed by atoms with Crippen LogP contribution in [0.25, 0.3) is 11.4 Å². The van der Waals surface area contributed by atoms with Gasteiger partial charge in [-0.05, 0) is 37.3 Å². The molecule has 1 aliphatic carbocycles. The second-order valence-corrected chi connectivity index (χ2v) is 8.63. The lowest BCUT2D eigenvalue weighted by atomic mass is 9.80. The van der Waals surface area contributed by atoms with E-state index in [1.54, 1.807) is 12.4 Å². The molecule has 28 heavy (non-hydrogen) atoms. The van der Waals surface area contributed by atoms with Crippen molar-refractivity contribution in [1.82, 2.24) is 19.4 Å². The normalized spacial score (nSPS) is 26.0. The van der Waals surface area contributed by atoms with E-state index in [0.29, 0.717) is 43.9 Å². The van der Waals surface area contributed by atoms with Crippen LogP contribution in [0.15, 0.2) is 29.3 Å². The van der Waals surface area contributed by atoms with E-state index in [1.165, 1.54) is 0 Å². The fraction of sp³-hybridized carbons (Fsp3) is 0.571. The molecule has 3 aliphatic rings. The quantitative estimate of drug-likeness (QED) is 0.830. The highest BCUT2D eigenvalue weighted by molar-refractivity contribution is 5.85. The van der Waals surface area contributed by atoms with Gasteiger partial charge in [0.05, 0.1) is 5.56 Å². The van der Waals surface area contributed by atoms with Crippen LogP contribution >= 0.6 is 0 Å². The van der Waals surface area contributed by atoms with Gasteiger partial charge in [0.2, 0.25) is 0 Å². The number of aromatic amines is 1. The van der Waals surface area contributed by atoms with Gasteiger partial charge in [0.1, 0.15) is 11.4 Å². The van der Waals surface area contributed by atoms with Crippen LogP contribution in [0.5, 0.6) is 0 Å². The number of nitrogens with one attached hydrogen (secondary N) is 1. The standard InChI is InChI=1S/C21H26N4O3/c26-19-16(18-22-8-9-23-18)4-5-17-15-10-14(12-25(17)19)11-24(13-15)20(27)21(28)6-2-1-3-7-21/h4-5,8-9,14-15,28H,1-3,6-7,10-13H2,(H,22,23)/t14-,15+/m0/s1. The van der Waals surface area contributed by atoms with E-state index in [9.17, 15) is 14.7 Å². The molecule has 2 fully saturated rings. The summed E-state index contributed by atoms with van der Waals surface area (Å²) in [5.74, 6) is 0.867. The average Bonchev–Trinajstić information content (AvgIpc) is 3.23. The van der Waals surface area contributed by atoms with Crippen molar-refractivity contribution in [1.29, 1.82) is 0 Å². The molecular formula is C21H26N4O3. The lowest BCUT2D eigenvalue weighted by Crippen LogP contribution is -2.56. The summed E-state index contributed by atoms with van der Waals surface area (Å²) in [5.41, 5.74) is 0.364. The Bertz CT molecular complexity index is 943. The molecule has 7 nitrogen and oxygen atoms in total. The zero-order chi connectivity index (χ0) is 19.3. The Hall–Kier alpha value is -2.41. The third kappa shape index (κ3) is 2.80. The van der Waals surface area contributed by atoms with E-state index >= 15 is 0 Å². The Morgan fingerprint density at radius 2 is 2.00 bits per heavy atom. The number of hydrogen-bond donors (Lipinski definition) is 2. The van der Waals surface area contributed by atoms with Crippen LogP contribution in [-0.4, -0.2) is 49.1 Å². The van der Waals surface area contributed by atoms with Gasteiger partial charge in [-0.3, -0.25) is 9.59 Å². The molecule has 0 unspecified atom stereocenters. The van der Waals surface area contributed by atoms with Gasteiger partial charge in [0.25, 0.3) is 11.5 Å². The Balaban J connectivity index is 1.43. The van der Waals surface area contributed by atoms with Crippen molar-refractivity contribution in [3.63, 3.8) is 0 Å². The smallest absolute Gasteiger partial charge is 0.261 e. The van der Waals surface area contributed by atoms with Gasteiger partial charge < -0.3 is 19.6 Å². The number of carbonyl (C=O) groups is 1. The van der Waals surface area contributed by atoms with E-state index < -0.39 is 5.60 Å². The van der Waals surface area contributed by atoms with Gasteiger partial charge in [0.15, 0.2) is 0 Å². The Morgan fingerprint density at radius 1 is 1.18 bits per heavy atom. The number of fused-ring (bicyclic) bond motifs is 4. The Kier molecular flexibility index (Phi) is 4.16. The van der Waals surface area contributed by atoms with Gasteiger partial charge in [-0.25, -0.2) is 4.98 Å². The second kappa shape index (κ2) is 6.58. The lowest BCUT2D eigenvalue weighted by molar-refractivity contribution is -0.157. The molecular weight excluding hydrogens is 356 g/mol. The van der Waals surface area contributed by atoms with Gasteiger partial charge in [-0.15, -0.1) is 0 Å². The third-order valence-electron chi connectivity index (χ3n) is 6.72. The number of pyridine rings is 1. The maximum atomic E-state index is 13.1. The van der Waals surface area contributed by atoms with Crippen LogP contribution in [0.4, 0.5) is 0 Å². The van der Waals surface area contributed by atoms with Crippen molar-refractivity contribution in [2.24, 2.45) is 5.92 Å². The molecule has 7 heteroatoms. The first-order valence-corrected chi connectivity index (χ1v) is 10.3. The van der Waals surface area contributed by atoms with Crippen LogP contribution in [0.3, 0.4) is 0 Å². The number of hydrogen-bond acceptors (Lipinski definition) is 4. The number of aromatic nitrogens is 3. The molecule has 2 aliphatic heterocycles. The third-order valence-corrected chi connectivity index (χ3v) is 6.72. The molecule has 2 aromatic rings. The van der Waals surface area contributed by atoms with Gasteiger partial charge >= 0.3 is 0 Å². The summed E-state index contributed by atoms with van der Waals surface area (Å²) < 4.78 is 1.87. The minimum Gasteiger partial charge on any atom is -0.380 e. The van der Waals surface area contributed by atoms with E-state index in [1.807, 2.05) is 21.6 Å². The average molecular weight is 382 g/mol. The minimum absolute atomic E-state index is 0.0205. The largest absolute Gasteiger partial charge is 0.380 e. The molecule has 4 heterocycles. The fourth-order valence-electron chi connectivity index (χ4n) is 5.35. The summed E-state index contributed by atoms with van der Waals surface area (Å²) >= 11 is 0. The number of piperidine rings is 1. The van der Waals surface area contributed by atoms with Gasteiger partial charge in [-0.1, -0.05) is 19.3 Å². The van der Waals surface area contributed by atoms with Crippen molar-refractivity contribution in [3.05, 3.63) is 40.6 Å². The number of H-pyrrole nitrogens is 1. The molecule has 1 saturated heterocycles. The predicted molar refractivity (Wildman–Crippen MR) is 104 cm³/mol. The number of imidazole rings is 1. The van der Waals surface area contributed by atoms with Crippen molar-refractivity contribution in [3.8, 4) is 11.4 Å². The molecule has 1 amide bonds. The number of nitrogens with zero attached hydrogens (tertiary/aromatic N) is 3. The van der Waals surface area contributed by atoms with Crippen LogP contribution in [-0.2, 0) is 11.3 Å². The number of rotatable bonds is 2. The molecule has 2 aromatic heterocycles. The number of carbonyl (C=O) groups excluding carboxylic acids is 1. The SMILES string of the molecule is O=C(N1C[C@@H]2C[C@H](C1)c1ccc(-c3ncc[nH]3)c(=O)n1C2)C1(O)CCCCC1. The van der Waals surface area contributed by atoms with Gasteiger partial charge in [0, 0.05) is 43.6 Å². The zero-order valence-electron chi connectivity index (χ0n) is 15.9. The van der Waals surface area contributed by atoms with E-state index in [4.69, 9.17) is 0 Å². The number of amides is 1. The Labute approximate surface area is 163 Å². The number of aliphatic hydroxyl groups is 1. The topological polar surface area (TPSA) is 91.2 Å². The number of likely N-dealkylation sites (tertiary alicyclic amines) is 1. The molecule has 0 radical (unpaired) electrons. The van der Waals surface area contributed by atoms with Crippen LogP contribution in [0.2, 0.25) is 0 Å². The highest BCUT2D eigenvalue weighted by atomic mass is 16.3. The van der Waals surface area contributed by atoms with E-state index in [2.05, 4.69) is 9.97 Å². The first-order valence-electron chi connectivity index (χ1n) is 10.3. The van der Waals surface area contributed by atoms with E-state index in [0.717, 1.165) is 31.4 Å². The molecule has 148 valence electrons. The van der Waals surface area contributed by atoms with Gasteiger partial charge in [-0.2, -0.15) is 0 Å². The van der Waals surface area contributed by atoms with Crippen molar-refractivity contribution in [2.75, 3.05) is 13.1 Å². The summed E-state index contributed by atoms with van der Waals surface area (Å²) in [6.45, 7) is 1.81. The zero-order valence-corrected chi connectivity index (χ0v) is 15.9. The molecule has 2 N–H and O–H groups in total. The summed E-state index contributed by atoms with van der Waals surface area (Å²) in [5, 5.41) is 10.9. The van der Waals surface area contributed by atoms with Crippen LogP contribution in [0.1, 0.15) is 50.1 Å². The maximum Gasteiger partial charge on any atom is 0.261 e. The van der Waals surface area contributed by atoms with Crippen molar-refractivity contribution < 1.29 is 9.90 Å². The summed E-state index contributed by atoms with van der Waals surface area (Å²) in [6, 6.07) is 3.84. The highest BCUT2D eigenvalue weighted by Crippen LogP contribution is 2.38. The molecule has 5 rings (SSSR count). The van der Waals surface area contributed by atoms with Crippen molar-refractivity contribution in [2.45, 2.75) is 56.6 Å². The van der Waals surface area contributed by atoms with Crippen LogP contribution < -0.4 is 5.56 Å². The molecule has 2 bridgehead atoms. The maximum absolute atomic E-state index is 13.1. The monoisotopic (exact) mass is 382 g/mol. The summed E-state index contributed by atoms with van der Waals surface area (Å²) in [6.07, 6.45) is 8.41. The summed E-state index contributed by atoms with van der Waals surface area (Å²) in [4.78, 5) is 35.2. The predicted octanol–water partition coefficient (Wildman–Crippen LogP) is 1.88. The lowest BCUT2D eigenvalue weighted by Gasteiger charge is -2.45.